The molecule has 2 amide bonds. The van der Waals surface area contributed by atoms with E-state index in [0.717, 1.165) is 19.4 Å². The van der Waals surface area contributed by atoms with Crippen molar-refractivity contribution in [1.82, 2.24) is 4.90 Å². The van der Waals surface area contributed by atoms with Crippen LogP contribution in [0.25, 0.3) is 0 Å². The van der Waals surface area contributed by atoms with Crippen LogP contribution in [0.4, 0.5) is 10.5 Å². The standard InChI is InChI=1S/C15H19ClN2O3/c1-9-4-3-7-18(10(9)2)15(21)17-11-5-6-13(16)12(8-11)14(19)20/h5-6,8-10H,3-4,7H2,1-2H3,(H,17,21)(H,19,20). The van der Waals surface area contributed by atoms with E-state index in [2.05, 4.69) is 12.2 Å². The molecule has 2 unspecified atom stereocenters. The number of halogens is 1. The lowest BCUT2D eigenvalue weighted by Crippen LogP contribution is -2.47. The highest BCUT2D eigenvalue weighted by molar-refractivity contribution is 6.33. The number of benzene rings is 1. The zero-order valence-corrected chi connectivity index (χ0v) is 12.9. The Bertz CT molecular complexity index is 562. The highest BCUT2D eigenvalue weighted by atomic mass is 35.5. The van der Waals surface area contributed by atoms with Gasteiger partial charge in [0.1, 0.15) is 0 Å². The number of rotatable bonds is 2. The molecule has 1 aliphatic heterocycles. The SMILES string of the molecule is CC1CCCN(C(=O)Nc2ccc(Cl)c(C(=O)O)c2)C1C. The molecule has 114 valence electrons. The second-order valence-corrected chi connectivity index (χ2v) is 5.89. The maximum Gasteiger partial charge on any atom is 0.337 e. The van der Waals surface area contributed by atoms with Crippen LogP contribution in [0, 0.1) is 5.92 Å². The lowest BCUT2D eigenvalue weighted by atomic mass is 9.92. The molecule has 1 saturated heterocycles. The second-order valence-electron chi connectivity index (χ2n) is 5.48. The van der Waals surface area contributed by atoms with Crippen molar-refractivity contribution in [3.05, 3.63) is 28.8 Å². The minimum Gasteiger partial charge on any atom is -0.478 e. The molecule has 0 aliphatic carbocycles. The lowest BCUT2D eigenvalue weighted by Gasteiger charge is -2.37. The molecule has 0 spiro atoms. The first-order valence-electron chi connectivity index (χ1n) is 7.00. The number of anilines is 1. The van der Waals surface area contributed by atoms with Gasteiger partial charge >= 0.3 is 12.0 Å². The molecule has 0 bridgehead atoms. The molecule has 2 rings (SSSR count). The minimum absolute atomic E-state index is 0.0190. The van der Waals surface area contributed by atoms with E-state index in [1.165, 1.54) is 12.1 Å². The number of likely N-dealkylation sites (tertiary alicyclic amines) is 1. The molecular formula is C15H19ClN2O3. The molecule has 0 radical (unpaired) electrons. The Balaban J connectivity index is 2.12. The van der Waals surface area contributed by atoms with Crippen LogP contribution in [0.3, 0.4) is 0 Å². The zero-order valence-electron chi connectivity index (χ0n) is 12.1. The van der Waals surface area contributed by atoms with E-state index in [1.807, 2.05) is 6.92 Å². The first-order chi connectivity index (χ1) is 9.90. The smallest absolute Gasteiger partial charge is 0.337 e. The molecule has 2 N–H and O–H groups in total. The van der Waals surface area contributed by atoms with Crippen molar-refractivity contribution < 1.29 is 14.7 Å². The van der Waals surface area contributed by atoms with E-state index in [4.69, 9.17) is 16.7 Å². The summed E-state index contributed by atoms with van der Waals surface area (Å²) in [5, 5.41) is 11.9. The highest BCUT2D eigenvalue weighted by Crippen LogP contribution is 2.25. The molecular weight excluding hydrogens is 292 g/mol. The largest absolute Gasteiger partial charge is 0.478 e. The third kappa shape index (κ3) is 3.47. The Kier molecular flexibility index (Phi) is 4.73. The third-order valence-electron chi connectivity index (χ3n) is 4.08. The van der Waals surface area contributed by atoms with E-state index in [1.54, 1.807) is 11.0 Å². The Hall–Kier alpha value is -1.75. The van der Waals surface area contributed by atoms with E-state index in [9.17, 15) is 9.59 Å². The van der Waals surface area contributed by atoms with Gasteiger partial charge in [-0.2, -0.15) is 0 Å². The molecule has 5 nitrogen and oxygen atoms in total. The fraction of sp³-hybridized carbons (Fsp3) is 0.467. The van der Waals surface area contributed by atoms with Gasteiger partial charge in [0.05, 0.1) is 10.6 Å². The first kappa shape index (κ1) is 15.6. The Morgan fingerprint density at radius 1 is 1.38 bits per heavy atom. The van der Waals surface area contributed by atoms with Gasteiger partial charge in [0, 0.05) is 18.3 Å². The Labute approximate surface area is 128 Å². The fourth-order valence-electron chi connectivity index (χ4n) is 2.58. The number of hydrogen-bond donors (Lipinski definition) is 2. The van der Waals surface area contributed by atoms with Gasteiger partial charge in [-0.05, 0) is 43.9 Å². The van der Waals surface area contributed by atoms with E-state index >= 15 is 0 Å². The first-order valence-corrected chi connectivity index (χ1v) is 7.38. The highest BCUT2D eigenvalue weighted by Gasteiger charge is 2.28. The number of nitrogens with zero attached hydrogens (tertiary/aromatic N) is 1. The summed E-state index contributed by atoms with van der Waals surface area (Å²) in [6.07, 6.45) is 2.11. The quantitative estimate of drug-likeness (QED) is 0.875. The van der Waals surface area contributed by atoms with Crippen molar-refractivity contribution in [2.45, 2.75) is 32.7 Å². The molecule has 0 saturated carbocycles. The van der Waals surface area contributed by atoms with Gasteiger partial charge in [-0.15, -0.1) is 0 Å². The Morgan fingerprint density at radius 3 is 2.76 bits per heavy atom. The zero-order chi connectivity index (χ0) is 15.6. The maximum atomic E-state index is 12.3. The van der Waals surface area contributed by atoms with Crippen LogP contribution in [0.1, 0.15) is 37.0 Å². The van der Waals surface area contributed by atoms with Gasteiger partial charge in [-0.25, -0.2) is 9.59 Å². The molecule has 1 heterocycles. The predicted molar refractivity (Wildman–Crippen MR) is 82.0 cm³/mol. The monoisotopic (exact) mass is 310 g/mol. The molecule has 1 aromatic carbocycles. The van der Waals surface area contributed by atoms with Crippen molar-refractivity contribution in [1.29, 1.82) is 0 Å². The molecule has 0 aromatic heterocycles. The Morgan fingerprint density at radius 2 is 2.10 bits per heavy atom. The van der Waals surface area contributed by atoms with E-state index in [-0.39, 0.29) is 22.7 Å². The topological polar surface area (TPSA) is 69.6 Å². The van der Waals surface area contributed by atoms with Gasteiger partial charge in [0.2, 0.25) is 0 Å². The molecule has 6 heteroatoms. The van der Waals surface area contributed by atoms with Crippen molar-refractivity contribution in [2.75, 3.05) is 11.9 Å². The number of carbonyl (C=O) groups excluding carboxylic acids is 1. The fourth-order valence-corrected chi connectivity index (χ4v) is 2.78. The van der Waals surface area contributed by atoms with Crippen LogP contribution in [-0.2, 0) is 0 Å². The van der Waals surface area contributed by atoms with Crippen LogP contribution in [0.15, 0.2) is 18.2 Å². The van der Waals surface area contributed by atoms with Crippen molar-refractivity contribution in [3.63, 3.8) is 0 Å². The molecule has 21 heavy (non-hydrogen) atoms. The molecule has 2 atom stereocenters. The number of carbonyl (C=O) groups is 2. The number of urea groups is 1. The van der Waals surface area contributed by atoms with Gasteiger partial charge in [0.25, 0.3) is 0 Å². The minimum atomic E-state index is -1.11. The average molecular weight is 311 g/mol. The van der Waals surface area contributed by atoms with Crippen molar-refractivity contribution in [2.24, 2.45) is 5.92 Å². The van der Waals surface area contributed by atoms with Crippen LogP contribution in [0.2, 0.25) is 5.02 Å². The normalized spacial score (nSPS) is 22.0. The van der Waals surface area contributed by atoms with E-state index in [0.29, 0.717) is 11.6 Å². The number of piperidine rings is 1. The summed E-state index contributed by atoms with van der Waals surface area (Å²) >= 11 is 5.81. The van der Waals surface area contributed by atoms with Crippen LogP contribution >= 0.6 is 11.6 Å². The lowest BCUT2D eigenvalue weighted by molar-refractivity contribution is 0.0697. The van der Waals surface area contributed by atoms with Gasteiger partial charge < -0.3 is 15.3 Å². The summed E-state index contributed by atoms with van der Waals surface area (Å²) in [7, 11) is 0. The summed E-state index contributed by atoms with van der Waals surface area (Å²) in [5.74, 6) is -0.652. The van der Waals surface area contributed by atoms with Crippen molar-refractivity contribution in [3.8, 4) is 0 Å². The summed E-state index contributed by atoms with van der Waals surface area (Å²) in [4.78, 5) is 25.2. The number of hydrogen-bond acceptors (Lipinski definition) is 2. The number of carboxylic acid groups (broad SMARTS) is 1. The summed E-state index contributed by atoms with van der Waals surface area (Å²) in [6.45, 7) is 4.89. The number of amides is 2. The summed E-state index contributed by atoms with van der Waals surface area (Å²) < 4.78 is 0. The second kappa shape index (κ2) is 6.35. The van der Waals surface area contributed by atoms with Crippen LogP contribution in [-0.4, -0.2) is 34.6 Å². The molecule has 1 aromatic rings. The summed E-state index contributed by atoms with van der Waals surface area (Å²) in [5.41, 5.74) is 0.418. The molecule has 1 fully saturated rings. The predicted octanol–water partition coefficient (Wildman–Crippen LogP) is 3.69. The van der Waals surface area contributed by atoms with Gasteiger partial charge in [-0.3, -0.25) is 0 Å². The number of nitrogens with one attached hydrogen (secondary N) is 1. The van der Waals surface area contributed by atoms with Gasteiger partial charge in [-0.1, -0.05) is 18.5 Å². The maximum absolute atomic E-state index is 12.3. The van der Waals surface area contributed by atoms with Crippen molar-refractivity contribution >= 4 is 29.3 Å². The average Bonchev–Trinajstić information content (AvgIpc) is 2.43. The van der Waals surface area contributed by atoms with Gasteiger partial charge in [0.15, 0.2) is 0 Å². The van der Waals surface area contributed by atoms with E-state index < -0.39 is 5.97 Å². The summed E-state index contributed by atoms with van der Waals surface area (Å²) in [6, 6.07) is 4.42. The third-order valence-corrected chi connectivity index (χ3v) is 4.41. The molecule has 1 aliphatic rings. The van der Waals surface area contributed by atoms with Crippen LogP contribution < -0.4 is 5.32 Å². The number of aromatic carboxylic acids is 1. The number of carboxylic acids is 1. The van der Waals surface area contributed by atoms with Crippen LogP contribution in [0.5, 0.6) is 0 Å².